The average molecular weight is 343 g/mol. The summed E-state index contributed by atoms with van der Waals surface area (Å²) in [6.45, 7) is 0. The lowest BCUT2D eigenvalue weighted by molar-refractivity contribution is 0.0561. The molecule has 8 heteroatoms. The predicted octanol–water partition coefficient (Wildman–Crippen LogP) is 2.86. The van der Waals surface area contributed by atoms with Crippen LogP contribution in [0.4, 0.5) is 0 Å². The van der Waals surface area contributed by atoms with Crippen molar-refractivity contribution in [3.63, 3.8) is 0 Å². The molecule has 116 valence electrons. The van der Waals surface area contributed by atoms with E-state index in [0.29, 0.717) is 10.1 Å². The van der Waals surface area contributed by atoms with Gasteiger partial charge in [0.15, 0.2) is 0 Å². The van der Waals surface area contributed by atoms with E-state index in [9.17, 15) is 14.4 Å². The highest BCUT2D eigenvalue weighted by Crippen LogP contribution is 2.39. The lowest BCUT2D eigenvalue weighted by atomic mass is 10.1. The van der Waals surface area contributed by atoms with Crippen LogP contribution in [0.15, 0.2) is 12.1 Å². The van der Waals surface area contributed by atoms with E-state index in [-0.39, 0.29) is 21.8 Å². The molecular weight excluding hydrogens is 332 g/mol. The maximum absolute atomic E-state index is 12.0. The highest BCUT2D eigenvalue weighted by Gasteiger charge is 2.28. The van der Waals surface area contributed by atoms with Crippen molar-refractivity contribution < 1.29 is 28.6 Å². The summed E-state index contributed by atoms with van der Waals surface area (Å²) in [4.78, 5) is 35.4. The van der Waals surface area contributed by atoms with Crippen molar-refractivity contribution in [2.75, 3.05) is 21.3 Å². The minimum absolute atomic E-state index is 0.0415. The summed E-state index contributed by atoms with van der Waals surface area (Å²) < 4.78 is 15.1. The second-order valence-electron chi connectivity index (χ2n) is 4.11. The Morgan fingerprint density at radius 2 is 1.68 bits per heavy atom. The van der Waals surface area contributed by atoms with Gasteiger partial charge in [0.25, 0.3) is 5.24 Å². The van der Waals surface area contributed by atoms with E-state index in [4.69, 9.17) is 21.1 Å². The maximum atomic E-state index is 12.0. The molecule has 0 aliphatic rings. The standard InChI is InChI=1S/C14H11ClO6S/c1-19-7-4-6(12(15)16)5-8-9(7)10(13(17)20-2)11(22-8)14(18)21-3/h4-5H,1-3H3. The van der Waals surface area contributed by atoms with Crippen LogP contribution in [0, 0.1) is 0 Å². The number of ether oxygens (including phenoxy) is 3. The van der Waals surface area contributed by atoms with E-state index in [1.165, 1.54) is 33.5 Å². The minimum atomic E-state index is -0.699. The van der Waals surface area contributed by atoms with E-state index < -0.39 is 17.2 Å². The van der Waals surface area contributed by atoms with Crippen molar-refractivity contribution in [1.29, 1.82) is 0 Å². The molecule has 0 amide bonds. The molecule has 0 unspecified atom stereocenters. The molecule has 0 atom stereocenters. The predicted molar refractivity (Wildman–Crippen MR) is 81.2 cm³/mol. The summed E-state index contributed by atoms with van der Waals surface area (Å²) in [5.41, 5.74) is 0.236. The Hall–Kier alpha value is -2.12. The summed E-state index contributed by atoms with van der Waals surface area (Å²) in [5, 5.41) is -0.297. The first kappa shape index (κ1) is 16.3. The summed E-state index contributed by atoms with van der Waals surface area (Å²) in [6.07, 6.45) is 0. The first-order valence-electron chi connectivity index (χ1n) is 5.95. The van der Waals surface area contributed by atoms with Crippen molar-refractivity contribution in [1.82, 2.24) is 0 Å². The zero-order valence-electron chi connectivity index (χ0n) is 11.9. The van der Waals surface area contributed by atoms with E-state index in [2.05, 4.69) is 4.74 Å². The molecule has 0 saturated heterocycles. The first-order chi connectivity index (χ1) is 10.4. The smallest absolute Gasteiger partial charge is 0.348 e. The molecule has 0 radical (unpaired) electrons. The van der Waals surface area contributed by atoms with E-state index >= 15 is 0 Å². The van der Waals surface area contributed by atoms with Crippen molar-refractivity contribution >= 4 is 50.2 Å². The summed E-state index contributed by atoms with van der Waals surface area (Å²) in [7, 11) is 3.79. The molecule has 2 rings (SSSR count). The zero-order valence-corrected chi connectivity index (χ0v) is 13.5. The lowest BCUT2D eigenvalue weighted by Crippen LogP contribution is -2.09. The Morgan fingerprint density at radius 1 is 1.05 bits per heavy atom. The Labute approximate surface area is 134 Å². The third-order valence-electron chi connectivity index (χ3n) is 2.96. The van der Waals surface area contributed by atoms with Gasteiger partial charge in [0.1, 0.15) is 10.6 Å². The third kappa shape index (κ3) is 2.65. The van der Waals surface area contributed by atoms with Crippen LogP contribution in [0.25, 0.3) is 10.1 Å². The Bertz CT molecular complexity index is 779. The quantitative estimate of drug-likeness (QED) is 0.628. The van der Waals surface area contributed by atoms with Gasteiger partial charge in [-0.1, -0.05) is 0 Å². The molecule has 0 aliphatic heterocycles. The van der Waals surface area contributed by atoms with Gasteiger partial charge in [-0.05, 0) is 23.7 Å². The molecule has 2 aromatic rings. The molecule has 0 bridgehead atoms. The number of esters is 2. The number of hydrogen-bond donors (Lipinski definition) is 0. The average Bonchev–Trinajstić information content (AvgIpc) is 2.91. The summed E-state index contributed by atoms with van der Waals surface area (Å²) in [5.74, 6) is -1.13. The summed E-state index contributed by atoms with van der Waals surface area (Å²) >= 11 is 6.48. The first-order valence-corrected chi connectivity index (χ1v) is 7.15. The molecule has 1 heterocycles. The van der Waals surface area contributed by atoms with Gasteiger partial charge in [-0.25, -0.2) is 9.59 Å². The van der Waals surface area contributed by atoms with Crippen LogP contribution >= 0.6 is 22.9 Å². The van der Waals surface area contributed by atoms with Crippen LogP contribution in [-0.2, 0) is 9.47 Å². The fourth-order valence-corrected chi connectivity index (χ4v) is 3.27. The molecule has 0 saturated carbocycles. The van der Waals surface area contributed by atoms with Crippen LogP contribution in [0.5, 0.6) is 5.75 Å². The monoisotopic (exact) mass is 342 g/mol. The van der Waals surface area contributed by atoms with Gasteiger partial charge in [0.05, 0.1) is 32.3 Å². The van der Waals surface area contributed by atoms with Crippen molar-refractivity contribution in [2.45, 2.75) is 0 Å². The van der Waals surface area contributed by atoms with Gasteiger partial charge < -0.3 is 14.2 Å². The molecule has 1 aromatic heterocycles. The van der Waals surface area contributed by atoms with Crippen LogP contribution in [0.2, 0.25) is 0 Å². The number of halogens is 1. The number of carbonyl (C=O) groups is 3. The zero-order chi connectivity index (χ0) is 16.4. The number of thiophene rings is 1. The Morgan fingerprint density at radius 3 is 2.18 bits per heavy atom. The van der Waals surface area contributed by atoms with E-state index in [1.807, 2.05) is 0 Å². The van der Waals surface area contributed by atoms with Gasteiger partial charge in [-0.3, -0.25) is 4.79 Å². The molecule has 0 spiro atoms. The topological polar surface area (TPSA) is 78.9 Å². The third-order valence-corrected chi connectivity index (χ3v) is 4.30. The molecule has 0 N–H and O–H groups in total. The minimum Gasteiger partial charge on any atom is -0.496 e. The van der Waals surface area contributed by atoms with Crippen LogP contribution in [0.1, 0.15) is 30.4 Å². The van der Waals surface area contributed by atoms with Gasteiger partial charge in [-0.2, -0.15) is 0 Å². The molecule has 0 fully saturated rings. The molecule has 0 aliphatic carbocycles. The number of fused-ring (bicyclic) bond motifs is 1. The second-order valence-corrected chi connectivity index (χ2v) is 5.51. The normalized spacial score (nSPS) is 10.4. The fourth-order valence-electron chi connectivity index (χ4n) is 2.00. The van der Waals surface area contributed by atoms with E-state index in [0.717, 1.165) is 11.3 Å². The Balaban J connectivity index is 2.89. The number of methoxy groups -OCH3 is 3. The number of hydrogen-bond acceptors (Lipinski definition) is 7. The van der Waals surface area contributed by atoms with Crippen LogP contribution < -0.4 is 4.74 Å². The van der Waals surface area contributed by atoms with Gasteiger partial charge >= 0.3 is 11.9 Å². The number of benzene rings is 1. The van der Waals surface area contributed by atoms with Gasteiger partial charge in [0, 0.05) is 10.3 Å². The Kier molecular flexibility index (Phi) is 4.68. The van der Waals surface area contributed by atoms with Gasteiger partial charge in [0.2, 0.25) is 0 Å². The number of rotatable bonds is 4. The summed E-state index contributed by atoms with van der Waals surface area (Å²) in [6, 6.07) is 2.88. The maximum Gasteiger partial charge on any atom is 0.348 e. The van der Waals surface area contributed by atoms with Crippen LogP contribution in [-0.4, -0.2) is 38.5 Å². The van der Waals surface area contributed by atoms with Crippen molar-refractivity contribution in [3.8, 4) is 5.75 Å². The molecule has 1 aromatic carbocycles. The van der Waals surface area contributed by atoms with E-state index in [1.54, 1.807) is 0 Å². The van der Waals surface area contributed by atoms with Crippen LogP contribution in [0.3, 0.4) is 0 Å². The molecular formula is C14H11ClO6S. The van der Waals surface area contributed by atoms with Gasteiger partial charge in [-0.15, -0.1) is 11.3 Å². The highest BCUT2D eigenvalue weighted by atomic mass is 35.5. The highest BCUT2D eigenvalue weighted by molar-refractivity contribution is 7.21. The van der Waals surface area contributed by atoms with Crippen molar-refractivity contribution in [2.24, 2.45) is 0 Å². The lowest BCUT2D eigenvalue weighted by Gasteiger charge is -2.06. The molecule has 22 heavy (non-hydrogen) atoms. The second kappa shape index (κ2) is 6.33. The SMILES string of the molecule is COC(=O)c1sc2cc(C(=O)Cl)cc(OC)c2c1C(=O)OC. The fraction of sp³-hybridized carbons (Fsp3) is 0.214. The van der Waals surface area contributed by atoms with Crippen molar-refractivity contribution in [3.05, 3.63) is 28.1 Å². The largest absolute Gasteiger partial charge is 0.496 e. The molecule has 6 nitrogen and oxygen atoms in total. The number of carbonyl (C=O) groups excluding carboxylic acids is 3.